The summed E-state index contributed by atoms with van der Waals surface area (Å²) < 4.78 is 0. The molecule has 4 nitrogen and oxygen atoms in total. The lowest BCUT2D eigenvalue weighted by Gasteiger charge is -2.13. The van der Waals surface area contributed by atoms with E-state index in [1.807, 2.05) is 6.07 Å². The Hall–Kier alpha value is -2.36. The number of carbonyl (C=O) groups excluding carboxylic acids is 1. The van der Waals surface area contributed by atoms with Gasteiger partial charge in [-0.25, -0.2) is 0 Å². The Morgan fingerprint density at radius 1 is 1.13 bits per heavy atom. The zero-order valence-electron chi connectivity index (χ0n) is 13.7. The predicted molar refractivity (Wildman–Crippen MR) is 93.2 cm³/mol. The van der Waals surface area contributed by atoms with E-state index >= 15 is 0 Å². The van der Waals surface area contributed by atoms with Gasteiger partial charge >= 0.3 is 0 Å². The van der Waals surface area contributed by atoms with Crippen molar-refractivity contribution in [1.82, 2.24) is 10.3 Å². The number of amides is 1. The second-order valence-corrected chi connectivity index (χ2v) is 6.36. The Labute approximate surface area is 137 Å². The molecule has 1 aliphatic rings. The zero-order valence-corrected chi connectivity index (χ0v) is 13.7. The van der Waals surface area contributed by atoms with Crippen LogP contribution < -0.4 is 10.6 Å². The van der Waals surface area contributed by atoms with Crippen LogP contribution in [0.15, 0.2) is 36.7 Å². The number of hydrogen-bond donors (Lipinski definition) is 2. The van der Waals surface area contributed by atoms with Gasteiger partial charge in [-0.3, -0.25) is 9.78 Å². The van der Waals surface area contributed by atoms with Gasteiger partial charge in [0.25, 0.3) is 5.91 Å². The number of nitrogens with one attached hydrogen (secondary N) is 2. The summed E-state index contributed by atoms with van der Waals surface area (Å²) in [6.45, 7) is 4.14. The monoisotopic (exact) mass is 309 g/mol. The van der Waals surface area contributed by atoms with Crippen molar-refractivity contribution < 1.29 is 4.79 Å². The average Bonchev–Trinajstić information content (AvgIpc) is 3.03. The Morgan fingerprint density at radius 3 is 2.65 bits per heavy atom. The van der Waals surface area contributed by atoms with Crippen LogP contribution in [-0.2, 0) is 0 Å². The quantitative estimate of drug-likeness (QED) is 0.893. The molecule has 0 radical (unpaired) electrons. The largest absolute Gasteiger partial charge is 0.354 e. The van der Waals surface area contributed by atoms with Crippen molar-refractivity contribution in [3.63, 3.8) is 0 Å². The maximum atomic E-state index is 12.3. The minimum absolute atomic E-state index is 0.0336. The van der Waals surface area contributed by atoms with Crippen LogP contribution in [0.2, 0.25) is 0 Å². The molecule has 1 fully saturated rings. The molecule has 0 spiro atoms. The molecule has 0 unspecified atom stereocenters. The first-order valence-corrected chi connectivity index (χ1v) is 8.22. The van der Waals surface area contributed by atoms with Gasteiger partial charge in [0, 0.05) is 17.9 Å². The van der Waals surface area contributed by atoms with Gasteiger partial charge in [0.05, 0.1) is 17.4 Å². The van der Waals surface area contributed by atoms with Crippen molar-refractivity contribution in [2.45, 2.75) is 45.6 Å². The van der Waals surface area contributed by atoms with Crippen molar-refractivity contribution in [2.75, 3.05) is 5.32 Å². The molecule has 4 heteroatoms. The maximum Gasteiger partial charge on any atom is 0.253 e. The molecular formula is C19H23N3O. The summed E-state index contributed by atoms with van der Waals surface area (Å²) in [5, 5.41) is 6.44. The molecule has 3 rings (SSSR count). The summed E-state index contributed by atoms with van der Waals surface area (Å²) in [5.41, 5.74) is 4.87. The average molecular weight is 309 g/mol. The molecule has 0 bridgehead atoms. The molecule has 2 aromatic rings. The Morgan fingerprint density at radius 2 is 1.91 bits per heavy atom. The number of pyridine rings is 1. The van der Waals surface area contributed by atoms with E-state index in [0.717, 1.165) is 24.2 Å². The van der Waals surface area contributed by atoms with Crippen molar-refractivity contribution in [3.8, 4) is 0 Å². The summed E-state index contributed by atoms with van der Waals surface area (Å²) in [4.78, 5) is 16.5. The lowest BCUT2D eigenvalue weighted by Crippen LogP contribution is -2.32. The third kappa shape index (κ3) is 3.89. The standard InChI is InChI=1S/C19H23N3O/c1-13-7-8-18(14(2)9-13)21-17-10-15(11-20-12-17)19(23)22-16-5-3-4-6-16/h7-12,16,21H,3-6H2,1-2H3,(H,22,23). The normalized spacial score (nSPS) is 14.7. The zero-order chi connectivity index (χ0) is 16.2. The number of nitrogens with zero attached hydrogens (tertiary/aromatic N) is 1. The highest BCUT2D eigenvalue weighted by molar-refractivity contribution is 5.95. The SMILES string of the molecule is Cc1ccc(Nc2cncc(C(=O)NC3CCCC3)c2)c(C)c1. The molecule has 1 saturated carbocycles. The van der Waals surface area contributed by atoms with E-state index in [0.29, 0.717) is 11.6 Å². The molecule has 1 amide bonds. The second-order valence-electron chi connectivity index (χ2n) is 6.36. The van der Waals surface area contributed by atoms with Gasteiger partial charge in [0.15, 0.2) is 0 Å². The Kier molecular flexibility index (Phi) is 4.60. The van der Waals surface area contributed by atoms with Crippen molar-refractivity contribution in [2.24, 2.45) is 0 Å². The molecule has 1 heterocycles. The van der Waals surface area contributed by atoms with E-state index in [-0.39, 0.29) is 5.91 Å². The number of carbonyl (C=O) groups is 1. The summed E-state index contributed by atoms with van der Waals surface area (Å²) >= 11 is 0. The van der Waals surface area contributed by atoms with Gasteiger partial charge in [-0.05, 0) is 44.4 Å². The highest BCUT2D eigenvalue weighted by Crippen LogP contribution is 2.22. The summed E-state index contributed by atoms with van der Waals surface area (Å²) in [7, 11) is 0. The van der Waals surface area contributed by atoms with Crippen LogP contribution in [0.3, 0.4) is 0 Å². The van der Waals surface area contributed by atoms with E-state index in [1.165, 1.54) is 24.0 Å². The molecule has 120 valence electrons. The van der Waals surface area contributed by atoms with Crippen molar-refractivity contribution >= 4 is 17.3 Å². The van der Waals surface area contributed by atoms with Gasteiger partial charge in [0.2, 0.25) is 0 Å². The molecule has 2 N–H and O–H groups in total. The smallest absolute Gasteiger partial charge is 0.253 e. The van der Waals surface area contributed by atoms with Gasteiger partial charge in [-0.1, -0.05) is 30.5 Å². The number of hydrogen-bond acceptors (Lipinski definition) is 3. The molecule has 0 atom stereocenters. The first-order chi connectivity index (χ1) is 11.1. The van der Waals surface area contributed by atoms with E-state index in [1.54, 1.807) is 12.4 Å². The number of benzene rings is 1. The number of anilines is 2. The molecule has 1 aliphatic carbocycles. The van der Waals surface area contributed by atoms with Crippen LogP contribution >= 0.6 is 0 Å². The fourth-order valence-corrected chi connectivity index (χ4v) is 3.08. The number of rotatable bonds is 4. The van der Waals surface area contributed by atoms with Crippen LogP contribution in [0, 0.1) is 13.8 Å². The fraction of sp³-hybridized carbons (Fsp3) is 0.368. The molecule has 0 saturated heterocycles. The van der Waals surface area contributed by atoms with Crippen LogP contribution in [-0.4, -0.2) is 16.9 Å². The van der Waals surface area contributed by atoms with Crippen molar-refractivity contribution in [1.29, 1.82) is 0 Å². The first-order valence-electron chi connectivity index (χ1n) is 8.22. The topological polar surface area (TPSA) is 54.0 Å². The number of aromatic nitrogens is 1. The lowest BCUT2D eigenvalue weighted by molar-refractivity contribution is 0.0937. The van der Waals surface area contributed by atoms with Crippen LogP contribution in [0.1, 0.15) is 47.2 Å². The summed E-state index contributed by atoms with van der Waals surface area (Å²) in [6, 6.07) is 8.43. The third-order valence-electron chi connectivity index (χ3n) is 4.35. The van der Waals surface area contributed by atoms with E-state index in [9.17, 15) is 4.79 Å². The van der Waals surface area contributed by atoms with E-state index in [2.05, 4.69) is 47.7 Å². The fourth-order valence-electron chi connectivity index (χ4n) is 3.08. The van der Waals surface area contributed by atoms with Crippen molar-refractivity contribution in [3.05, 3.63) is 53.3 Å². The molecular weight excluding hydrogens is 286 g/mol. The van der Waals surface area contributed by atoms with Crippen LogP contribution in [0.5, 0.6) is 0 Å². The van der Waals surface area contributed by atoms with E-state index < -0.39 is 0 Å². The highest BCUT2D eigenvalue weighted by atomic mass is 16.1. The summed E-state index contributed by atoms with van der Waals surface area (Å²) in [6.07, 6.45) is 7.94. The maximum absolute atomic E-state index is 12.3. The van der Waals surface area contributed by atoms with Gasteiger partial charge < -0.3 is 10.6 Å². The first kappa shape index (κ1) is 15.5. The van der Waals surface area contributed by atoms with Crippen LogP contribution in [0.4, 0.5) is 11.4 Å². The molecule has 0 aliphatic heterocycles. The van der Waals surface area contributed by atoms with Crippen LogP contribution in [0.25, 0.3) is 0 Å². The molecule has 1 aromatic carbocycles. The second kappa shape index (κ2) is 6.82. The summed E-state index contributed by atoms with van der Waals surface area (Å²) in [5.74, 6) is -0.0336. The minimum Gasteiger partial charge on any atom is -0.354 e. The predicted octanol–water partition coefficient (Wildman–Crippen LogP) is 4.11. The molecule has 23 heavy (non-hydrogen) atoms. The van der Waals surface area contributed by atoms with Gasteiger partial charge in [-0.2, -0.15) is 0 Å². The lowest BCUT2D eigenvalue weighted by atomic mass is 10.1. The molecule has 1 aromatic heterocycles. The highest BCUT2D eigenvalue weighted by Gasteiger charge is 2.18. The van der Waals surface area contributed by atoms with Gasteiger partial charge in [0.1, 0.15) is 0 Å². The Bertz CT molecular complexity index is 706. The third-order valence-corrected chi connectivity index (χ3v) is 4.35. The van der Waals surface area contributed by atoms with E-state index in [4.69, 9.17) is 0 Å². The van der Waals surface area contributed by atoms with Gasteiger partial charge in [-0.15, -0.1) is 0 Å². The Balaban J connectivity index is 1.72. The minimum atomic E-state index is -0.0336. The number of aryl methyl sites for hydroxylation is 2.